The minimum absolute atomic E-state index is 0.000596. The first-order valence-corrected chi connectivity index (χ1v) is 6.78. The number of methoxy groups -OCH3 is 1. The van der Waals surface area contributed by atoms with Gasteiger partial charge in [0.25, 0.3) is 0 Å². The lowest BCUT2D eigenvalue weighted by Crippen LogP contribution is -2.13. The van der Waals surface area contributed by atoms with Crippen LogP contribution in [0.1, 0.15) is 32.0 Å². The zero-order valence-electron chi connectivity index (χ0n) is 12.9. The number of nitrogens with two attached hydrogens (primary N) is 1. The Bertz CT molecular complexity index is 609. The Morgan fingerprint density at radius 1 is 1.30 bits per heavy atom. The maximum atomic E-state index is 5.80. The molecule has 0 fully saturated rings. The van der Waals surface area contributed by atoms with Crippen LogP contribution in [0.5, 0.6) is 5.75 Å². The lowest BCUT2D eigenvalue weighted by atomic mass is 9.87. The number of rotatable bonds is 3. The summed E-state index contributed by atoms with van der Waals surface area (Å²) in [6, 6.07) is 6.12. The first kappa shape index (κ1) is 14.6. The molecule has 4 heteroatoms. The average molecular weight is 273 g/mol. The van der Waals surface area contributed by atoms with Gasteiger partial charge in [-0.05, 0) is 17.7 Å². The summed E-state index contributed by atoms with van der Waals surface area (Å²) in [5.74, 6) is 0.831. The molecule has 1 aromatic carbocycles. The van der Waals surface area contributed by atoms with Crippen molar-refractivity contribution in [1.82, 2.24) is 9.78 Å². The number of ether oxygens (including phenoxy) is 1. The van der Waals surface area contributed by atoms with Crippen LogP contribution in [0.25, 0.3) is 11.1 Å². The molecule has 0 atom stereocenters. The minimum atomic E-state index is -0.000596. The van der Waals surface area contributed by atoms with Crippen LogP contribution in [0.15, 0.2) is 24.4 Å². The van der Waals surface area contributed by atoms with Crippen molar-refractivity contribution in [2.24, 2.45) is 12.8 Å². The smallest absolute Gasteiger partial charge is 0.123 e. The number of nitrogens with zero attached hydrogens (tertiary/aromatic N) is 2. The molecule has 108 valence electrons. The van der Waals surface area contributed by atoms with Crippen molar-refractivity contribution >= 4 is 0 Å². The third-order valence-electron chi connectivity index (χ3n) is 3.35. The number of aryl methyl sites for hydroxylation is 1. The molecule has 0 saturated heterocycles. The second-order valence-corrected chi connectivity index (χ2v) is 6.05. The zero-order chi connectivity index (χ0) is 14.9. The van der Waals surface area contributed by atoms with E-state index in [0.29, 0.717) is 6.54 Å². The molecule has 1 aromatic heterocycles. The van der Waals surface area contributed by atoms with Crippen molar-refractivity contribution in [3.8, 4) is 16.9 Å². The topological polar surface area (TPSA) is 53.1 Å². The van der Waals surface area contributed by atoms with Gasteiger partial charge < -0.3 is 10.5 Å². The molecule has 0 unspecified atom stereocenters. The monoisotopic (exact) mass is 273 g/mol. The van der Waals surface area contributed by atoms with Gasteiger partial charge in [-0.25, -0.2) is 0 Å². The molecular weight excluding hydrogens is 250 g/mol. The summed E-state index contributed by atoms with van der Waals surface area (Å²) in [5, 5.41) is 4.61. The molecule has 0 bridgehead atoms. The Labute approximate surface area is 120 Å². The van der Waals surface area contributed by atoms with Gasteiger partial charge in [-0.3, -0.25) is 4.68 Å². The summed E-state index contributed by atoms with van der Waals surface area (Å²) in [6.45, 7) is 6.98. The lowest BCUT2D eigenvalue weighted by molar-refractivity contribution is 0.410. The zero-order valence-corrected chi connectivity index (χ0v) is 12.9. The fraction of sp³-hybridized carbons (Fsp3) is 0.438. The number of hydrogen-bond acceptors (Lipinski definition) is 3. The fourth-order valence-electron chi connectivity index (χ4n) is 2.36. The predicted molar refractivity (Wildman–Crippen MR) is 81.8 cm³/mol. The first-order valence-electron chi connectivity index (χ1n) is 6.78. The van der Waals surface area contributed by atoms with E-state index < -0.39 is 0 Å². The summed E-state index contributed by atoms with van der Waals surface area (Å²) < 4.78 is 7.19. The van der Waals surface area contributed by atoms with Crippen molar-refractivity contribution in [1.29, 1.82) is 0 Å². The van der Waals surface area contributed by atoms with Crippen LogP contribution in [-0.4, -0.2) is 16.9 Å². The van der Waals surface area contributed by atoms with Gasteiger partial charge in [0.05, 0.1) is 12.8 Å². The quantitative estimate of drug-likeness (QED) is 0.935. The first-order chi connectivity index (χ1) is 9.36. The largest absolute Gasteiger partial charge is 0.496 e. The van der Waals surface area contributed by atoms with E-state index in [1.807, 2.05) is 17.8 Å². The normalized spacial score (nSPS) is 11.7. The summed E-state index contributed by atoms with van der Waals surface area (Å²) in [5.41, 5.74) is 10.2. The van der Waals surface area contributed by atoms with E-state index >= 15 is 0 Å². The third kappa shape index (κ3) is 2.70. The molecule has 2 aromatic rings. The van der Waals surface area contributed by atoms with Gasteiger partial charge in [-0.15, -0.1) is 0 Å². The van der Waals surface area contributed by atoms with Gasteiger partial charge in [-0.1, -0.05) is 26.8 Å². The molecule has 0 saturated carbocycles. The van der Waals surface area contributed by atoms with Gasteiger partial charge in [0.1, 0.15) is 5.75 Å². The Morgan fingerprint density at radius 2 is 2.00 bits per heavy atom. The lowest BCUT2D eigenvalue weighted by Gasteiger charge is -2.18. The maximum absolute atomic E-state index is 5.80. The number of aromatic nitrogens is 2. The van der Waals surface area contributed by atoms with Crippen LogP contribution < -0.4 is 10.5 Å². The molecule has 0 aliphatic carbocycles. The van der Waals surface area contributed by atoms with E-state index in [4.69, 9.17) is 10.5 Å². The van der Waals surface area contributed by atoms with Gasteiger partial charge >= 0.3 is 0 Å². The summed E-state index contributed by atoms with van der Waals surface area (Å²) in [4.78, 5) is 0. The van der Waals surface area contributed by atoms with Crippen LogP contribution in [0.3, 0.4) is 0 Å². The van der Waals surface area contributed by atoms with E-state index in [9.17, 15) is 0 Å². The SMILES string of the molecule is COc1ccc(-c2cn(C)nc2C(C)(C)C)cc1CN. The number of hydrogen-bond donors (Lipinski definition) is 1. The molecule has 2 rings (SSSR count). The van der Waals surface area contributed by atoms with E-state index in [0.717, 1.165) is 28.1 Å². The van der Waals surface area contributed by atoms with Crippen LogP contribution in [0.2, 0.25) is 0 Å². The van der Waals surface area contributed by atoms with Crippen LogP contribution in [0, 0.1) is 0 Å². The second-order valence-electron chi connectivity index (χ2n) is 6.05. The number of benzene rings is 1. The summed E-state index contributed by atoms with van der Waals surface area (Å²) in [6.07, 6.45) is 2.06. The standard InChI is InChI=1S/C16H23N3O/c1-16(2,3)15-13(10-19(4)18-15)11-6-7-14(20-5)12(8-11)9-17/h6-8,10H,9,17H2,1-5H3. The van der Waals surface area contributed by atoms with E-state index in [1.165, 1.54) is 0 Å². The second kappa shape index (κ2) is 5.29. The van der Waals surface area contributed by atoms with Gasteiger partial charge in [-0.2, -0.15) is 5.10 Å². The summed E-state index contributed by atoms with van der Waals surface area (Å²) >= 11 is 0. The molecule has 20 heavy (non-hydrogen) atoms. The van der Waals surface area contributed by atoms with Crippen molar-refractivity contribution < 1.29 is 4.74 Å². The molecule has 0 aliphatic rings. The van der Waals surface area contributed by atoms with Crippen LogP contribution >= 0.6 is 0 Å². The highest BCUT2D eigenvalue weighted by atomic mass is 16.5. The van der Waals surface area contributed by atoms with Crippen LogP contribution in [0.4, 0.5) is 0 Å². The Morgan fingerprint density at radius 3 is 2.55 bits per heavy atom. The van der Waals surface area contributed by atoms with Crippen molar-refractivity contribution in [2.75, 3.05) is 7.11 Å². The molecule has 2 N–H and O–H groups in total. The van der Waals surface area contributed by atoms with Crippen molar-refractivity contribution in [3.05, 3.63) is 35.7 Å². The Hall–Kier alpha value is -1.81. The fourth-order valence-corrected chi connectivity index (χ4v) is 2.36. The minimum Gasteiger partial charge on any atom is -0.496 e. The molecule has 4 nitrogen and oxygen atoms in total. The van der Waals surface area contributed by atoms with Crippen molar-refractivity contribution in [3.63, 3.8) is 0 Å². The highest BCUT2D eigenvalue weighted by Crippen LogP contribution is 2.33. The maximum Gasteiger partial charge on any atom is 0.123 e. The highest BCUT2D eigenvalue weighted by molar-refractivity contribution is 5.68. The Balaban J connectivity index is 2.57. The predicted octanol–water partition coefficient (Wildman–Crippen LogP) is 2.85. The molecular formula is C16H23N3O. The van der Waals surface area contributed by atoms with Gasteiger partial charge in [0, 0.05) is 36.3 Å². The molecule has 0 amide bonds. The molecule has 0 spiro atoms. The molecule has 0 aliphatic heterocycles. The van der Waals surface area contributed by atoms with Crippen molar-refractivity contribution in [2.45, 2.75) is 32.7 Å². The average Bonchev–Trinajstić information content (AvgIpc) is 2.80. The van der Waals surface area contributed by atoms with E-state index in [1.54, 1.807) is 7.11 Å². The van der Waals surface area contributed by atoms with E-state index in [-0.39, 0.29) is 5.41 Å². The van der Waals surface area contributed by atoms with E-state index in [2.05, 4.69) is 44.2 Å². The molecule has 1 heterocycles. The summed E-state index contributed by atoms with van der Waals surface area (Å²) in [7, 11) is 3.62. The van der Waals surface area contributed by atoms with Crippen LogP contribution in [-0.2, 0) is 19.0 Å². The Kier molecular flexibility index (Phi) is 3.86. The third-order valence-corrected chi connectivity index (χ3v) is 3.35. The van der Waals surface area contributed by atoms with Gasteiger partial charge in [0.2, 0.25) is 0 Å². The molecule has 0 radical (unpaired) electrons. The highest BCUT2D eigenvalue weighted by Gasteiger charge is 2.23. The van der Waals surface area contributed by atoms with Gasteiger partial charge in [0.15, 0.2) is 0 Å².